The van der Waals surface area contributed by atoms with Gasteiger partial charge in [-0.05, 0) is 29.8 Å². The number of nitro groups is 1. The summed E-state index contributed by atoms with van der Waals surface area (Å²) in [5, 5.41) is 13.8. The van der Waals surface area contributed by atoms with E-state index in [0.29, 0.717) is 6.54 Å². The minimum Gasteiger partial charge on any atom is -0.490 e. The number of anilines is 1. The van der Waals surface area contributed by atoms with Crippen LogP contribution in [0.4, 0.5) is 11.5 Å². The molecule has 8 nitrogen and oxygen atoms in total. The lowest BCUT2D eigenvalue weighted by molar-refractivity contribution is -0.385. The molecule has 0 spiro atoms. The van der Waals surface area contributed by atoms with E-state index in [1.54, 1.807) is 12.3 Å². The Morgan fingerprint density at radius 1 is 1.33 bits per heavy atom. The van der Waals surface area contributed by atoms with Crippen LogP contribution in [-0.2, 0) is 6.54 Å². The van der Waals surface area contributed by atoms with Crippen LogP contribution in [0.15, 0.2) is 36.5 Å². The maximum Gasteiger partial charge on any atom is 0.311 e. The summed E-state index contributed by atoms with van der Waals surface area (Å²) in [6.07, 6.45) is 1.66. The molecule has 0 radical (unpaired) electrons. The summed E-state index contributed by atoms with van der Waals surface area (Å²) in [6.45, 7) is 0.294. The topological polar surface area (TPSA) is 97.6 Å². The summed E-state index contributed by atoms with van der Waals surface area (Å²) < 4.78 is 4.92. The highest BCUT2D eigenvalue weighted by molar-refractivity contribution is 5.95. The predicted molar refractivity (Wildman–Crippen MR) is 89.4 cm³/mol. The van der Waals surface area contributed by atoms with Crippen molar-refractivity contribution in [1.29, 1.82) is 0 Å². The molecule has 1 heterocycles. The van der Waals surface area contributed by atoms with Crippen molar-refractivity contribution in [1.82, 2.24) is 10.3 Å². The number of nitrogens with one attached hydrogen (secondary N) is 1. The van der Waals surface area contributed by atoms with Crippen molar-refractivity contribution in [2.24, 2.45) is 0 Å². The first-order valence-corrected chi connectivity index (χ1v) is 7.15. The number of hydrogen-bond acceptors (Lipinski definition) is 6. The Kier molecular flexibility index (Phi) is 5.31. The first-order chi connectivity index (χ1) is 11.4. The summed E-state index contributed by atoms with van der Waals surface area (Å²) in [4.78, 5) is 28.7. The number of methoxy groups -OCH3 is 1. The number of nitrogens with zero attached hydrogens (tertiary/aromatic N) is 3. The molecule has 0 aliphatic rings. The summed E-state index contributed by atoms with van der Waals surface area (Å²) in [5.74, 6) is 0.493. The number of hydrogen-bond donors (Lipinski definition) is 1. The van der Waals surface area contributed by atoms with E-state index in [9.17, 15) is 14.9 Å². The molecular formula is C16H18N4O4. The van der Waals surface area contributed by atoms with Gasteiger partial charge in [-0.25, -0.2) is 4.98 Å². The normalized spacial score (nSPS) is 10.1. The van der Waals surface area contributed by atoms with Gasteiger partial charge in [0.15, 0.2) is 5.75 Å². The lowest BCUT2D eigenvalue weighted by Crippen LogP contribution is -2.23. The lowest BCUT2D eigenvalue weighted by atomic mass is 10.1. The number of carbonyl (C=O) groups excluding carboxylic acids is 1. The van der Waals surface area contributed by atoms with Gasteiger partial charge in [-0.1, -0.05) is 0 Å². The van der Waals surface area contributed by atoms with Gasteiger partial charge >= 0.3 is 5.69 Å². The van der Waals surface area contributed by atoms with Crippen LogP contribution >= 0.6 is 0 Å². The van der Waals surface area contributed by atoms with E-state index in [1.165, 1.54) is 25.3 Å². The zero-order chi connectivity index (χ0) is 17.7. The molecule has 0 saturated heterocycles. The Balaban J connectivity index is 2.11. The summed E-state index contributed by atoms with van der Waals surface area (Å²) in [6, 6.07) is 7.75. The standard InChI is InChI=1S/C16H18N4O4/c1-19(2)15-8-11(6-7-17-15)10-18-16(21)12-4-5-14(24-3)13(9-12)20(22)23/h4-9H,10H2,1-3H3,(H,18,21). The second kappa shape index (κ2) is 7.40. The Hall–Kier alpha value is -3.16. The van der Waals surface area contributed by atoms with Crippen LogP contribution in [-0.4, -0.2) is 37.0 Å². The van der Waals surface area contributed by atoms with E-state index in [1.807, 2.05) is 25.1 Å². The minimum atomic E-state index is -0.582. The number of amides is 1. The summed E-state index contributed by atoms with van der Waals surface area (Å²) in [5.41, 5.74) is 0.832. The third-order valence-electron chi connectivity index (χ3n) is 3.36. The van der Waals surface area contributed by atoms with Gasteiger partial charge in [0.25, 0.3) is 5.91 Å². The second-order valence-corrected chi connectivity index (χ2v) is 5.24. The van der Waals surface area contributed by atoms with Crippen LogP contribution in [0.3, 0.4) is 0 Å². The van der Waals surface area contributed by atoms with Gasteiger partial charge in [0.1, 0.15) is 5.82 Å². The van der Waals surface area contributed by atoms with Gasteiger partial charge in [0, 0.05) is 38.5 Å². The van der Waals surface area contributed by atoms with Crippen LogP contribution in [0, 0.1) is 10.1 Å². The third-order valence-corrected chi connectivity index (χ3v) is 3.36. The summed E-state index contributed by atoms with van der Waals surface area (Å²) >= 11 is 0. The molecule has 0 fully saturated rings. The van der Waals surface area contributed by atoms with Gasteiger partial charge < -0.3 is 15.0 Å². The molecule has 0 atom stereocenters. The SMILES string of the molecule is COc1ccc(C(=O)NCc2ccnc(N(C)C)c2)cc1[N+](=O)[O-]. The molecule has 1 amide bonds. The molecule has 0 aliphatic heterocycles. The molecule has 24 heavy (non-hydrogen) atoms. The first-order valence-electron chi connectivity index (χ1n) is 7.15. The average molecular weight is 330 g/mol. The molecule has 2 rings (SSSR count). The first kappa shape index (κ1) is 17.2. The number of aromatic nitrogens is 1. The van der Waals surface area contributed by atoms with E-state index in [-0.39, 0.29) is 17.0 Å². The number of rotatable bonds is 6. The van der Waals surface area contributed by atoms with E-state index < -0.39 is 10.8 Å². The number of nitro benzene ring substituents is 1. The van der Waals surface area contributed by atoms with Crippen LogP contribution in [0.5, 0.6) is 5.75 Å². The zero-order valence-corrected chi connectivity index (χ0v) is 13.6. The van der Waals surface area contributed by atoms with Crippen molar-refractivity contribution in [3.05, 3.63) is 57.8 Å². The monoisotopic (exact) mass is 330 g/mol. The highest BCUT2D eigenvalue weighted by atomic mass is 16.6. The van der Waals surface area contributed by atoms with Crippen molar-refractivity contribution < 1.29 is 14.5 Å². The fourth-order valence-corrected chi connectivity index (χ4v) is 2.07. The molecule has 126 valence electrons. The van der Waals surface area contributed by atoms with Crippen LogP contribution in [0.25, 0.3) is 0 Å². The second-order valence-electron chi connectivity index (χ2n) is 5.24. The maximum atomic E-state index is 12.2. The van der Waals surface area contributed by atoms with Gasteiger partial charge in [-0.3, -0.25) is 14.9 Å². The summed E-state index contributed by atoms with van der Waals surface area (Å²) in [7, 11) is 5.09. The molecule has 1 aromatic carbocycles. The van der Waals surface area contributed by atoms with E-state index in [2.05, 4.69) is 10.3 Å². The van der Waals surface area contributed by atoms with Gasteiger partial charge in [0.2, 0.25) is 0 Å². The molecule has 1 N–H and O–H groups in total. The number of benzene rings is 1. The van der Waals surface area contributed by atoms with Gasteiger partial charge in [0.05, 0.1) is 12.0 Å². The molecule has 0 aliphatic carbocycles. The van der Waals surface area contributed by atoms with Crippen molar-refractivity contribution in [3.8, 4) is 5.75 Å². The molecular weight excluding hydrogens is 312 g/mol. The van der Waals surface area contributed by atoms with Gasteiger partial charge in [-0.15, -0.1) is 0 Å². The lowest BCUT2D eigenvalue weighted by Gasteiger charge is -2.12. The van der Waals surface area contributed by atoms with Crippen LogP contribution in [0.1, 0.15) is 15.9 Å². The van der Waals surface area contributed by atoms with Crippen molar-refractivity contribution >= 4 is 17.4 Å². The Bertz CT molecular complexity index is 761. The van der Waals surface area contributed by atoms with Gasteiger partial charge in [-0.2, -0.15) is 0 Å². The van der Waals surface area contributed by atoms with Crippen LogP contribution in [0.2, 0.25) is 0 Å². The van der Waals surface area contributed by atoms with Crippen molar-refractivity contribution in [2.75, 3.05) is 26.1 Å². The largest absolute Gasteiger partial charge is 0.490 e. The van der Waals surface area contributed by atoms with E-state index >= 15 is 0 Å². The molecule has 0 unspecified atom stereocenters. The molecule has 2 aromatic rings. The predicted octanol–water partition coefficient (Wildman–Crippen LogP) is 1.99. The quantitative estimate of drug-likeness (QED) is 0.642. The number of ether oxygens (including phenoxy) is 1. The smallest absolute Gasteiger partial charge is 0.311 e. The van der Waals surface area contributed by atoms with E-state index in [0.717, 1.165) is 11.4 Å². The van der Waals surface area contributed by atoms with E-state index in [4.69, 9.17) is 4.74 Å². The fraction of sp³-hybridized carbons (Fsp3) is 0.250. The molecule has 8 heteroatoms. The highest BCUT2D eigenvalue weighted by Crippen LogP contribution is 2.27. The number of carbonyl (C=O) groups is 1. The van der Waals surface area contributed by atoms with Crippen LogP contribution < -0.4 is 15.0 Å². The van der Waals surface area contributed by atoms with Crippen molar-refractivity contribution in [2.45, 2.75) is 6.54 Å². The molecule has 1 aromatic heterocycles. The molecule has 0 bridgehead atoms. The molecule has 0 saturated carbocycles. The Labute approximate surface area is 139 Å². The average Bonchev–Trinajstić information content (AvgIpc) is 2.59. The van der Waals surface area contributed by atoms with Crippen molar-refractivity contribution in [3.63, 3.8) is 0 Å². The Morgan fingerprint density at radius 3 is 2.71 bits per heavy atom. The maximum absolute atomic E-state index is 12.2. The number of pyridine rings is 1. The zero-order valence-electron chi connectivity index (χ0n) is 13.6. The third kappa shape index (κ3) is 3.97. The minimum absolute atomic E-state index is 0.112. The fourth-order valence-electron chi connectivity index (χ4n) is 2.07. The Morgan fingerprint density at radius 2 is 2.08 bits per heavy atom. The highest BCUT2D eigenvalue weighted by Gasteiger charge is 2.18.